The molecule has 0 aliphatic carbocycles. The molecule has 0 aromatic heterocycles. The average Bonchev–Trinajstić information content (AvgIpc) is 2.72. The smallest absolute Gasteiger partial charge is 0.251 e. The molecule has 0 saturated carbocycles. The van der Waals surface area contributed by atoms with Crippen LogP contribution in [-0.4, -0.2) is 41.3 Å². The van der Waals surface area contributed by atoms with Crippen molar-refractivity contribution in [2.45, 2.75) is 19.9 Å². The summed E-state index contributed by atoms with van der Waals surface area (Å²) in [6.45, 7) is 3.44. The maximum absolute atomic E-state index is 12.6. The molecule has 0 fully saturated rings. The molecule has 1 N–H and O–H groups in total. The van der Waals surface area contributed by atoms with E-state index in [1.165, 1.54) is 11.4 Å². The number of methoxy groups -OCH3 is 2. The van der Waals surface area contributed by atoms with Gasteiger partial charge < -0.3 is 14.8 Å². The molecule has 2 aromatic rings. The van der Waals surface area contributed by atoms with Crippen LogP contribution >= 0.6 is 0 Å². The van der Waals surface area contributed by atoms with Gasteiger partial charge in [0.2, 0.25) is 10.0 Å². The first-order chi connectivity index (χ1) is 13.2. The largest absolute Gasteiger partial charge is 0.497 e. The van der Waals surface area contributed by atoms with Crippen molar-refractivity contribution in [3.05, 3.63) is 53.6 Å². The zero-order chi connectivity index (χ0) is 20.9. The lowest BCUT2D eigenvalue weighted by atomic mass is 10.1. The zero-order valence-corrected chi connectivity index (χ0v) is 17.5. The van der Waals surface area contributed by atoms with Crippen molar-refractivity contribution in [1.82, 2.24) is 5.32 Å². The number of nitrogens with one attached hydrogen (secondary N) is 1. The summed E-state index contributed by atoms with van der Waals surface area (Å²) in [6, 6.07) is 11.5. The number of sulfonamides is 1. The summed E-state index contributed by atoms with van der Waals surface area (Å²) in [6.07, 6.45) is 0. The third-order valence-corrected chi connectivity index (χ3v) is 6.30. The molecular formula is C20H26N2O5S. The van der Waals surface area contributed by atoms with Crippen molar-refractivity contribution in [2.75, 3.05) is 31.3 Å². The molecule has 0 unspecified atom stereocenters. The summed E-state index contributed by atoms with van der Waals surface area (Å²) in [5.41, 5.74) is 1.72. The molecule has 8 heteroatoms. The highest BCUT2D eigenvalue weighted by Gasteiger charge is 2.18. The van der Waals surface area contributed by atoms with Crippen LogP contribution in [0.3, 0.4) is 0 Å². The van der Waals surface area contributed by atoms with Gasteiger partial charge in [0, 0.05) is 18.2 Å². The van der Waals surface area contributed by atoms with Gasteiger partial charge in [-0.05, 0) is 56.3 Å². The van der Waals surface area contributed by atoms with E-state index in [4.69, 9.17) is 9.47 Å². The Morgan fingerprint density at radius 2 is 1.75 bits per heavy atom. The number of rotatable bonds is 8. The van der Waals surface area contributed by atoms with Crippen molar-refractivity contribution in [3.63, 3.8) is 0 Å². The zero-order valence-electron chi connectivity index (χ0n) is 16.7. The maximum atomic E-state index is 12.6. The fraction of sp³-hybridized carbons (Fsp3) is 0.350. The van der Waals surface area contributed by atoms with Gasteiger partial charge in [0.05, 0.1) is 31.7 Å². The lowest BCUT2D eigenvalue weighted by Crippen LogP contribution is -2.28. The predicted molar refractivity (Wildman–Crippen MR) is 110 cm³/mol. The fourth-order valence-corrected chi connectivity index (χ4v) is 3.54. The van der Waals surface area contributed by atoms with Gasteiger partial charge in [-0.2, -0.15) is 0 Å². The highest BCUT2D eigenvalue weighted by atomic mass is 32.2. The molecule has 2 aromatic carbocycles. The van der Waals surface area contributed by atoms with Gasteiger partial charge in [0.1, 0.15) is 11.5 Å². The number of nitrogens with zero attached hydrogens (tertiary/aromatic N) is 1. The number of benzene rings is 2. The minimum Gasteiger partial charge on any atom is -0.497 e. The van der Waals surface area contributed by atoms with Gasteiger partial charge in [-0.3, -0.25) is 9.10 Å². The van der Waals surface area contributed by atoms with E-state index in [0.717, 1.165) is 5.56 Å². The monoisotopic (exact) mass is 406 g/mol. The van der Waals surface area contributed by atoms with Crippen molar-refractivity contribution < 1.29 is 22.7 Å². The van der Waals surface area contributed by atoms with E-state index >= 15 is 0 Å². The molecular weight excluding hydrogens is 380 g/mol. The second-order valence-corrected chi connectivity index (χ2v) is 8.51. The van der Waals surface area contributed by atoms with Crippen molar-refractivity contribution >= 4 is 21.6 Å². The summed E-state index contributed by atoms with van der Waals surface area (Å²) in [5, 5.41) is 2.92. The molecule has 0 spiro atoms. The average molecular weight is 407 g/mol. The number of carbonyl (C=O) groups excluding carboxylic acids is 1. The van der Waals surface area contributed by atoms with Crippen LogP contribution in [-0.2, 0) is 10.0 Å². The Hall–Kier alpha value is -2.74. The third kappa shape index (κ3) is 4.75. The van der Waals surface area contributed by atoms with Crippen LogP contribution in [0.2, 0.25) is 0 Å². The summed E-state index contributed by atoms with van der Waals surface area (Å²) in [4.78, 5) is 12.6. The Bertz CT molecular complexity index is 926. The number of hydrogen-bond acceptors (Lipinski definition) is 5. The van der Waals surface area contributed by atoms with Gasteiger partial charge in [-0.15, -0.1) is 0 Å². The van der Waals surface area contributed by atoms with E-state index in [1.54, 1.807) is 57.5 Å². The lowest BCUT2D eigenvalue weighted by Gasteiger charge is -2.20. The van der Waals surface area contributed by atoms with Crippen LogP contribution < -0.4 is 19.1 Å². The molecule has 1 amide bonds. The van der Waals surface area contributed by atoms with Gasteiger partial charge in [0.15, 0.2) is 0 Å². The van der Waals surface area contributed by atoms with Crippen molar-refractivity contribution in [2.24, 2.45) is 0 Å². The summed E-state index contributed by atoms with van der Waals surface area (Å²) >= 11 is 0. The summed E-state index contributed by atoms with van der Waals surface area (Å²) < 4.78 is 35.7. The Balaban J connectivity index is 2.17. The highest BCUT2D eigenvalue weighted by Crippen LogP contribution is 2.29. The van der Waals surface area contributed by atoms with E-state index in [-0.39, 0.29) is 17.7 Å². The lowest BCUT2D eigenvalue weighted by molar-refractivity contribution is 0.0939. The number of hydrogen-bond donors (Lipinski definition) is 1. The van der Waals surface area contributed by atoms with Gasteiger partial charge in [0.25, 0.3) is 5.91 Å². The molecule has 152 valence electrons. The molecule has 0 aliphatic rings. The Kier molecular flexibility index (Phi) is 6.90. The van der Waals surface area contributed by atoms with E-state index in [0.29, 0.717) is 22.7 Å². The molecule has 28 heavy (non-hydrogen) atoms. The maximum Gasteiger partial charge on any atom is 0.251 e. The van der Waals surface area contributed by atoms with E-state index in [9.17, 15) is 13.2 Å². The van der Waals surface area contributed by atoms with Crippen LogP contribution in [0.15, 0.2) is 42.5 Å². The standard InChI is InChI=1S/C20H26N2O5S/c1-6-28(24,25)22(3)16-9-7-15(8-10-16)20(23)21-14(2)18-13-17(26-4)11-12-19(18)27-5/h7-14H,6H2,1-5H3,(H,21,23)/t14-/m0/s1. The first kappa shape index (κ1) is 21.6. The van der Waals surface area contributed by atoms with Crippen molar-refractivity contribution in [1.29, 1.82) is 0 Å². The van der Waals surface area contributed by atoms with E-state index < -0.39 is 10.0 Å². The van der Waals surface area contributed by atoms with Crippen LogP contribution in [0, 0.1) is 0 Å². The Morgan fingerprint density at radius 1 is 1.11 bits per heavy atom. The first-order valence-electron chi connectivity index (χ1n) is 8.83. The summed E-state index contributed by atoms with van der Waals surface area (Å²) in [7, 11) is 1.29. The molecule has 2 rings (SSSR count). The molecule has 0 radical (unpaired) electrons. The Labute approximate surface area is 166 Å². The second-order valence-electron chi connectivity index (χ2n) is 6.22. The second kappa shape index (κ2) is 8.97. The highest BCUT2D eigenvalue weighted by molar-refractivity contribution is 7.92. The molecule has 7 nitrogen and oxygen atoms in total. The SMILES string of the molecule is CCS(=O)(=O)N(C)c1ccc(C(=O)N[C@@H](C)c2cc(OC)ccc2OC)cc1. The van der Waals surface area contributed by atoms with Crippen LogP contribution in [0.1, 0.15) is 35.8 Å². The predicted octanol–water partition coefficient (Wildman–Crippen LogP) is 2.98. The third-order valence-electron chi connectivity index (χ3n) is 4.53. The molecule has 1 atom stereocenters. The Morgan fingerprint density at radius 3 is 2.29 bits per heavy atom. The normalized spacial score (nSPS) is 12.2. The van der Waals surface area contributed by atoms with Crippen LogP contribution in [0.25, 0.3) is 0 Å². The van der Waals surface area contributed by atoms with Gasteiger partial charge in [-0.1, -0.05) is 0 Å². The molecule has 0 bridgehead atoms. The van der Waals surface area contributed by atoms with E-state index in [2.05, 4.69) is 5.32 Å². The quantitative estimate of drug-likeness (QED) is 0.728. The summed E-state index contributed by atoms with van der Waals surface area (Å²) in [5.74, 6) is 1.05. The van der Waals surface area contributed by atoms with Crippen molar-refractivity contribution in [3.8, 4) is 11.5 Å². The van der Waals surface area contributed by atoms with Gasteiger partial charge in [-0.25, -0.2) is 8.42 Å². The minimum atomic E-state index is -3.35. The molecule has 0 heterocycles. The number of anilines is 1. The number of amides is 1. The topological polar surface area (TPSA) is 84.9 Å². The number of ether oxygens (including phenoxy) is 2. The minimum absolute atomic E-state index is 0.00558. The molecule has 0 aliphatic heterocycles. The first-order valence-corrected chi connectivity index (χ1v) is 10.4. The van der Waals surface area contributed by atoms with E-state index in [1.807, 2.05) is 13.0 Å². The van der Waals surface area contributed by atoms with Gasteiger partial charge >= 0.3 is 0 Å². The van der Waals surface area contributed by atoms with Crippen LogP contribution in [0.4, 0.5) is 5.69 Å². The number of carbonyl (C=O) groups is 1. The fourth-order valence-electron chi connectivity index (χ4n) is 2.71. The van der Waals surface area contributed by atoms with Crippen LogP contribution in [0.5, 0.6) is 11.5 Å². The molecule has 0 saturated heterocycles.